The van der Waals surface area contributed by atoms with Crippen LogP contribution in [-0.4, -0.2) is 43.5 Å². The van der Waals surface area contributed by atoms with E-state index in [1.165, 1.54) is 19.5 Å². The molecule has 2 atom stereocenters. The lowest BCUT2D eigenvalue weighted by Crippen LogP contribution is -2.40. The first-order valence-electron chi connectivity index (χ1n) is 6.31. The molecule has 3 N–H and O–H groups in total. The third-order valence-electron chi connectivity index (χ3n) is 3.10. The fraction of sp³-hybridized carbons (Fsp3) is 0.917. The van der Waals surface area contributed by atoms with Crippen molar-refractivity contribution in [1.82, 2.24) is 10.2 Å². The van der Waals surface area contributed by atoms with E-state index in [0.29, 0.717) is 0 Å². The average molecular weight is 300 g/mol. The number of carbonyl (C=O) groups is 1. The van der Waals surface area contributed by atoms with Crippen LogP contribution in [0.3, 0.4) is 0 Å². The fourth-order valence-corrected chi connectivity index (χ4v) is 2.58. The van der Waals surface area contributed by atoms with Crippen LogP contribution in [0.1, 0.15) is 26.7 Å². The predicted octanol–water partition coefficient (Wildman–Crippen LogP) is 1.27. The van der Waals surface area contributed by atoms with Gasteiger partial charge < -0.3 is 16.0 Å². The van der Waals surface area contributed by atoms with Gasteiger partial charge in [-0.2, -0.15) is 0 Å². The molecule has 1 fully saturated rings. The second-order valence-corrected chi connectivity index (χ2v) is 5.11. The zero-order chi connectivity index (χ0) is 12.0. The van der Waals surface area contributed by atoms with Gasteiger partial charge in [0.2, 0.25) is 5.91 Å². The summed E-state index contributed by atoms with van der Waals surface area (Å²) >= 11 is 0. The number of amides is 1. The maximum atomic E-state index is 10.9. The molecule has 4 nitrogen and oxygen atoms in total. The summed E-state index contributed by atoms with van der Waals surface area (Å²) < 4.78 is 0. The molecular weight excluding hydrogens is 273 g/mol. The first-order chi connectivity index (χ1) is 7.61. The number of hydrogen-bond donors (Lipinski definition) is 2. The molecule has 0 aromatic carbocycles. The molecule has 1 aliphatic heterocycles. The Morgan fingerprint density at radius 1 is 1.28 bits per heavy atom. The lowest BCUT2D eigenvalue weighted by molar-refractivity contribution is -0.119. The van der Waals surface area contributed by atoms with E-state index in [0.717, 1.165) is 31.3 Å². The summed E-state index contributed by atoms with van der Waals surface area (Å²) in [4.78, 5) is 13.4. The molecule has 1 amide bonds. The van der Waals surface area contributed by atoms with Gasteiger partial charge in [-0.3, -0.25) is 4.79 Å². The molecule has 0 saturated carbocycles. The van der Waals surface area contributed by atoms with Crippen LogP contribution in [0.15, 0.2) is 0 Å². The molecule has 0 aliphatic carbocycles. The molecular formula is C12H27Cl2N3O. The first-order valence-corrected chi connectivity index (χ1v) is 6.31. The monoisotopic (exact) mass is 299 g/mol. The van der Waals surface area contributed by atoms with Gasteiger partial charge in [-0.25, -0.2) is 0 Å². The first kappa shape index (κ1) is 20.3. The highest BCUT2D eigenvalue weighted by Gasteiger charge is 2.20. The number of nitrogens with zero attached hydrogens (tertiary/aromatic N) is 1. The number of hydrogen-bond acceptors (Lipinski definition) is 3. The van der Waals surface area contributed by atoms with E-state index < -0.39 is 0 Å². The van der Waals surface area contributed by atoms with Crippen LogP contribution in [0.5, 0.6) is 0 Å². The largest absolute Gasteiger partial charge is 0.355 e. The maximum Gasteiger partial charge on any atom is 0.233 e. The molecule has 6 heteroatoms. The predicted molar refractivity (Wildman–Crippen MR) is 80.6 cm³/mol. The Morgan fingerprint density at radius 2 is 1.83 bits per heavy atom. The fourth-order valence-electron chi connectivity index (χ4n) is 2.58. The van der Waals surface area contributed by atoms with Crippen molar-refractivity contribution in [3.63, 3.8) is 0 Å². The molecule has 2 unspecified atom stereocenters. The average Bonchev–Trinajstić information content (AvgIpc) is 2.22. The van der Waals surface area contributed by atoms with E-state index in [-0.39, 0.29) is 37.3 Å². The number of carbonyl (C=O) groups excluding carboxylic acids is 1. The standard InChI is InChI=1S/C12H25N3O.2ClH/c1-10-6-11(2)9-15(8-10)5-3-4-14-12(16)7-13;;/h10-11H,3-9,13H2,1-2H3,(H,14,16);2*1H. The summed E-state index contributed by atoms with van der Waals surface area (Å²) in [5, 5.41) is 2.80. The SMILES string of the molecule is CC1CC(C)CN(CCCNC(=O)CN)C1.Cl.Cl. The normalized spacial score (nSPS) is 23.7. The van der Waals surface area contributed by atoms with Crippen molar-refractivity contribution in [3.05, 3.63) is 0 Å². The summed E-state index contributed by atoms with van der Waals surface area (Å²) in [6, 6.07) is 0. The zero-order valence-electron chi connectivity index (χ0n) is 11.4. The molecule has 1 rings (SSSR count). The van der Waals surface area contributed by atoms with Gasteiger partial charge in [0.15, 0.2) is 0 Å². The minimum absolute atomic E-state index is 0. The van der Waals surface area contributed by atoms with Crippen LogP contribution in [0.2, 0.25) is 0 Å². The summed E-state index contributed by atoms with van der Waals surface area (Å²) in [5.41, 5.74) is 5.21. The number of nitrogens with two attached hydrogens (primary N) is 1. The molecule has 0 aromatic heterocycles. The number of rotatable bonds is 5. The van der Waals surface area contributed by atoms with Crippen LogP contribution in [-0.2, 0) is 4.79 Å². The van der Waals surface area contributed by atoms with Crippen molar-refractivity contribution >= 4 is 30.7 Å². The van der Waals surface area contributed by atoms with Gasteiger partial charge >= 0.3 is 0 Å². The Hall–Kier alpha value is -0.0300. The van der Waals surface area contributed by atoms with Crippen molar-refractivity contribution in [2.24, 2.45) is 17.6 Å². The lowest BCUT2D eigenvalue weighted by Gasteiger charge is -2.34. The molecule has 1 heterocycles. The van der Waals surface area contributed by atoms with Crippen LogP contribution >= 0.6 is 24.8 Å². The Bertz CT molecular complexity index is 219. The lowest BCUT2D eigenvalue weighted by atomic mass is 9.92. The second-order valence-electron chi connectivity index (χ2n) is 5.11. The quantitative estimate of drug-likeness (QED) is 0.752. The number of nitrogens with one attached hydrogen (secondary N) is 1. The van der Waals surface area contributed by atoms with Crippen LogP contribution in [0.4, 0.5) is 0 Å². The molecule has 0 aromatic rings. The Labute approximate surface area is 123 Å². The van der Waals surface area contributed by atoms with Crippen LogP contribution in [0.25, 0.3) is 0 Å². The van der Waals surface area contributed by atoms with Crippen molar-refractivity contribution < 1.29 is 4.79 Å². The number of piperidine rings is 1. The smallest absolute Gasteiger partial charge is 0.233 e. The minimum Gasteiger partial charge on any atom is -0.355 e. The Kier molecular flexibility index (Phi) is 12.2. The topological polar surface area (TPSA) is 58.4 Å². The second kappa shape index (κ2) is 10.9. The van der Waals surface area contributed by atoms with Gasteiger partial charge in [0.05, 0.1) is 6.54 Å². The van der Waals surface area contributed by atoms with Crippen LogP contribution < -0.4 is 11.1 Å². The van der Waals surface area contributed by atoms with Gasteiger partial charge in [-0.05, 0) is 31.2 Å². The summed E-state index contributed by atoms with van der Waals surface area (Å²) in [6.07, 6.45) is 2.37. The Balaban J connectivity index is 0. The summed E-state index contributed by atoms with van der Waals surface area (Å²) in [5.74, 6) is 1.56. The third kappa shape index (κ3) is 8.14. The molecule has 1 aliphatic rings. The molecule has 0 radical (unpaired) electrons. The molecule has 0 bridgehead atoms. The molecule has 1 saturated heterocycles. The molecule has 110 valence electrons. The van der Waals surface area contributed by atoms with Gasteiger partial charge in [-0.1, -0.05) is 13.8 Å². The van der Waals surface area contributed by atoms with Gasteiger partial charge in [0.25, 0.3) is 0 Å². The van der Waals surface area contributed by atoms with E-state index in [1.54, 1.807) is 0 Å². The highest BCUT2D eigenvalue weighted by atomic mass is 35.5. The zero-order valence-corrected chi connectivity index (χ0v) is 13.0. The summed E-state index contributed by atoms with van der Waals surface area (Å²) in [6.45, 7) is 8.97. The van der Waals surface area contributed by atoms with Crippen molar-refractivity contribution in [2.45, 2.75) is 26.7 Å². The summed E-state index contributed by atoms with van der Waals surface area (Å²) in [7, 11) is 0. The number of halogens is 2. The van der Waals surface area contributed by atoms with E-state index in [4.69, 9.17) is 5.73 Å². The van der Waals surface area contributed by atoms with Gasteiger partial charge in [-0.15, -0.1) is 24.8 Å². The molecule has 18 heavy (non-hydrogen) atoms. The maximum absolute atomic E-state index is 10.9. The van der Waals surface area contributed by atoms with Crippen LogP contribution in [0, 0.1) is 11.8 Å². The van der Waals surface area contributed by atoms with Crippen molar-refractivity contribution in [2.75, 3.05) is 32.7 Å². The third-order valence-corrected chi connectivity index (χ3v) is 3.10. The van der Waals surface area contributed by atoms with Crippen molar-refractivity contribution in [3.8, 4) is 0 Å². The highest BCUT2D eigenvalue weighted by Crippen LogP contribution is 2.20. The minimum atomic E-state index is -0.0552. The Morgan fingerprint density at radius 3 is 2.33 bits per heavy atom. The number of likely N-dealkylation sites (tertiary alicyclic amines) is 1. The molecule has 0 spiro atoms. The highest BCUT2D eigenvalue weighted by molar-refractivity contribution is 5.85. The van der Waals surface area contributed by atoms with E-state index in [1.807, 2.05) is 0 Å². The van der Waals surface area contributed by atoms with E-state index >= 15 is 0 Å². The van der Waals surface area contributed by atoms with Crippen molar-refractivity contribution in [1.29, 1.82) is 0 Å². The van der Waals surface area contributed by atoms with Gasteiger partial charge in [0.1, 0.15) is 0 Å². The van der Waals surface area contributed by atoms with E-state index in [9.17, 15) is 4.79 Å². The van der Waals surface area contributed by atoms with E-state index in [2.05, 4.69) is 24.1 Å². The van der Waals surface area contributed by atoms with Gasteiger partial charge in [0, 0.05) is 19.6 Å².